The smallest absolute Gasteiger partial charge is 0.326 e. The van der Waals surface area contributed by atoms with Crippen molar-refractivity contribution >= 4 is 12.0 Å². The second-order valence-electron chi connectivity index (χ2n) is 6.66. The van der Waals surface area contributed by atoms with Crippen molar-refractivity contribution in [2.75, 3.05) is 19.6 Å². The fourth-order valence-corrected chi connectivity index (χ4v) is 2.44. The van der Waals surface area contributed by atoms with E-state index >= 15 is 0 Å². The molecule has 0 aromatic heterocycles. The molecule has 2 unspecified atom stereocenters. The summed E-state index contributed by atoms with van der Waals surface area (Å²) in [6.45, 7) is 10.3. The Morgan fingerprint density at radius 2 is 1.75 bits per heavy atom. The maximum absolute atomic E-state index is 11.9. The first kappa shape index (κ1) is 16.8. The first-order valence-corrected chi connectivity index (χ1v) is 7.22. The molecule has 0 aromatic rings. The van der Waals surface area contributed by atoms with Crippen LogP contribution in [0.4, 0.5) is 4.79 Å². The molecule has 2 atom stereocenters. The van der Waals surface area contributed by atoms with Gasteiger partial charge in [-0.05, 0) is 38.3 Å². The van der Waals surface area contributed by atoms with Gasteiger partial charge in [0.05, 0.1) is 0 Å². The quantitative estimate of drug-likeness (QED) is 0.710. The van der Waals surface area contributed by atoms with Crippen LogP contribution in [0.3, 0.4) is 0 Å². The molecular weight excluding hydrogens is 258 g/mol. The topological polar surface area (TPSA) is 81.7 Å². The lowest BCUT2D eigenvalue weighted by Crippen LogP contribution is -2.54. The third-order valence-electron chi connectivity index (χ3n) is 3.50. The Kier molecular flexibility index (Phi) is 5.80. The second-order valence-corrected chi connectivity index (χ2v) is 6.66. The van der Waals surface area contributed by atoms with Crippen molar-refractivity contribution in [1.82, 2.24) is 15.5 Å². The molecule has 116 valence electrons. The number of aliphatic carboxylic acids is 1. The van der Waals surface area contributed by atoms with Crippen LogP contribution in [0.2, 0.25) is 0 Å². The number of amides is 2. The van der Waals surface area contributed by atoms with Crippen molar-refractivity contribution in [2.24, 2.45) is 5.41 Å². The molecule has 1 fully saturated rings. The summed E-state index contributed by atoms with van der Waals surface area (Å²) in [4.78, 5) is 25.4. The average molecular weight is 285 g/mol. The molecule has 1 rings (SSSR count). The van der Waals surface area contributed by atoms with Gasteiger partial charge in [-0.2, -0.15) is 0 Å². The van der Waals surface area contributed by atoms with Gasteiger partial charge in [0.1, 0.15) is 6.04 Å². The molecule has 6 nitrogen and oxygen atoms in total. The number of carbonyl (C=O) groups excluding carboxylic acids is 1. The van der Waals surface area contributed by atoms with Gasteiger partial charge >= 0.3 is 12.0 Å². The van der Waals surface area contributed by atoms with E-state index in [1.807, 2.05) is 6.92 Å². The summed E-state index contributed by atoms with van der Waals surface area (Å²) in [7, 11) is 0. The third kappa shape index (κ3) is 5.36. The standard InChI is InChI=1S/C14H27N3O3/c1-10(9-17-7-5-6-8-17)15-13(20)16-11(12(18)19)14(2,3)4/h10-11H,5-9H2,1-4H3,(H,18,19)(H2,15,16,20). The van der Waals surface area contributed by atoms with Gasteiger partial charge in [0.15, 0.2) is 0 Å². The van der Waals surface area contributed by atoms with E-state index < -0.39 is 23.5 Å². The number of hydrogen-bond donors (Lipinski definition) is 3. The summed E-state index contributed by atoms with van der Waals surface area (Å²) in [5.41, 5.74) is -0.526. The minimum atomic E-state index is -1.01. The van der Waals surface area contributed by atoms with Gasteiger partial charge in [-0.1, -0.05) is 20.8 Å². The summed E-state index contributed by atoms with van der Waals surface area (Å²) in [5.74, 6) is -1.01. The Morgan fingerprint density at radius 1 is 1.20 bits per heavy atom. The van der Waals surface area contributed by atoms with E-state index in [9.17, 15) is 14.7 Å². The molecule has 0 saturated carbocycles. The van der Waals surface area contributed by atoms with Crippen LogP contribution in [0, 0.1) is 5.41 Å². The van der Waals surface area contributed by atoms with E-state index in [1.165, 1.54) is 12.8 Å². The van der Waals surface area contributed by atoms with Gasteiger partial charge in [0.2, 0.25) is 0 Å². The van der Waals surface area contributed by atoms with Crippen molar-refractivity contribution < 1.29 is 14.7 Å². The van der Waals surface area contributed by atoms with Crippen LogP contribution >= 0.6 is 0 Å². The van der Waals surface area contributed by atoms with Crippen LogP contribution in [0.5, 0.6) is 0 Å². The molecule has 1 aliphatic rings. The molecule has 1 heterocycles. The fraction of sp³-hybridized carbons (Fsp3) is 0.857. The van der Waals surface area contributed by atoms with E-state index in [1.54, 1.807) is 20.8 Å². The van der Waals surface area contributed by atoms with Crippen molar-refractivity contribution in [2.45, 2.75) is 52.6 Å². The molecule has 1 saturated heterocycles. The summed E-state index contributed by atoms with van der Waals surface area (Å²) < 4.78 is 0. The Balaban J connectivity index is 2.42. The molecule has 6 heteroatoms. The van der Waals surface area contributed by atoms with Crippen LogP contribution in [0.1, 0.15) is 40.5 Å². The Morgan fingerprint density at radius 3 is 2.20 bits per heavy atom. The van der Waals surface area contributed by atoms with Crippen LogP contribution in [-0.4, -0.2) is 53.7 Å². The zero-order valence-corrected chi connectivity index (χ0v) is 12.9. The minimum Gasteiger partial charge on any atom is -0.480 e. The number of carboxylic acids is 1. The van der Waals surface area contributed by atoms with Crippen LogP contribution in [-0.2, 0) is 4.79 Å². The highest BCUT2D eigenvalue weighted by molar-refractivity contribution is 5.83. The van der Waals surface area contributed by atoms with Crippen molar-refractivity contribution in [3.05, 3.63) is 0 Å². The van der Waals surface area contributed by atoms with Gasteiger partial charge in [0, 0.05) is 12.6 Å². The third-order valence-corrected chi connectivity index (χ3v) is 3.50. The van der Waals surface area contributed by atoms with Crippen LogP contribution < -0.4 is 10.6 Å². The van der Waals surface area contributed by atoms with Gasteiger partial charge in [-0.3, -0.25) is 0 Å². The molecule has 3 N–H and O–H groups in total. The number of rotatable bonds is 5. The molecule has 0 bridgehead atoms. The second kappa shape index (κ2) is 6.92. The van der Waals surface area contributed by atoms with Crippen LogP contribution in [0.15, 0.2) is 0 Å². The average Bonchev–Trinajstić information content (AvgIpc) is 2.76. The molecule has 20 heavy (non-hydrogen) atoms. The summed E-state index contributed by atoms with van der Waals surface area (Å²) in [5, 5.41) is 14.5. The summed E-state index contributed by atoms with van der Waals surface area (Å²) in [6, 6.07) is -1.32. The predicted molar refractivity (Wildman–Crippen MR) is 77.7 cm³/mol. The highest BCUT2D eigenvalue weighted by Gasteiger charge is 2.32. The van der Waals surface area contributed by atoms with E-state index in [2.05, 4.69) is 15.5 Å². The number of nitrogens with zero attached hydrogens (tertiary/aromatic N) is 1. The maximum Gasteiger partial charge on any atom is 0.326 e. The molecule has 1 aliphatic heterocycles. The van der Waals surface area contributed by atoms with Gasteiger partial charge < -0.3 is 20.6 Å². The lowest BCUT2D eigenvalue weighted by molar-refractivity contribution is -0.141. The van der Waals surface area contributed by atoms with Gasteiger partial charge in [-0.25, -0.2) is 9.59 Å². The van der Waals surface area contributed by atoms with Gasteiger partial charge in [-0.15, -0.1) is 0 Å². The van der Waals surface area contributed by atoms with E-state index in [0.717, 1.165) is 19.6 Å². The molecule has 0 spiro atoms. The van der Waals surface area contributed by atoms with E-state index in [4.69, 9.17) is 0 Å². The lowest BCUT2D eigenvalue weighted by Gasteiger charge is -2.29. The van der Waals surface area contributed by atoms with Crippen molar-refractivity contribution in [3.63, 3.8) is 0 Å². The highest BCUT2D eigenvalue weighted by atomic mass is 16.4. The maximum atomic E-state index is 11.9. The van der Waals surface area contributed by atoms with Crippen LogP contribution in [0.25, 0.3) is 0 Å². The minimum absolute atomic E-state index is 0.00233. The number of hydrogen-bond acceptors (Lipinski definition) is 3. The zero-order valence-electron chi connectivity index (χ0n) is 12.9. The Labute approximate surface area is 120 Å². The molecule has 2 amide bonds. The summed E-state index contributed by atoms with van der Waals surface area (Å²) in [6.07, 6.45) is 2.42. The Hall–Kier alpha value is -1.30. The van der Waals surface area contributed by atoms with Gasteiger partial charge in [0.25, 0.3) is 0 Å². The van der Waals surface area contributed by atoms with E-state index in [-0.39, 0.29) is 6.04 Å². The summed E-state index contributed by atoms with van der Waals surface area (Å²) >= 11 is 0. The number of carboxylic acid groups (broad SMARTS) is 1. The SMILES string of the molecule is CC(CN1CCCC1)NC(=O)NC(C(=O)O)C(C)(C)C. The molecule has 0 aliphatic carbocycles. The number of carbonyl (C=O) groups is 2. The lowest BCUT2D eigenvalue weighted by atomic mass is 9.87. The van der Waals surface area contributed by atoms with E-state index in [0.29, 0.717) is 0 Å². The first-order valence-electron chi connectivity index (χ1n) is 7.22. The van der Waals surface area contributed by atoms with Crippen molar-refractivity contribution in [3.8, 4) is 0 Å². The monoisotopic (exact) mass is 285 g/mol. The first-order chi connectivity index (χ1) is 9.20. The molecule has 0 aromatic carbocycles. The number of urea groups is 1. The fourth-order valence-electron chi connectivity index (χ4n) is 2.44. The largest absolute Gasteiger partial charge is 0.480 e. The predicted octanol–water partition coefficient (Wildman–Crippen LogP) is 1.27. The zero-order chi connectivity index (χ0) is 15.3. The molecular formula is C14H27N3O3. The Bertz CT molecular complexity index is 346. The highest BCUT2D eigenvalue weighted by Crippen LogP contribution is 2.19. The van der Waals surface area contributed by atoms with Crippen molar-refractivity contribution in [1.29, 1.82) is 0 Å². The number of likely N-dealkylation sites (tertiary alicyclic amines) is 1. The molecule has 0 radical (unpaired) electrons. The number of nitrogens with one attached hydrogen (secondary N) is 2. The normalized spacial score (nSPS) is 19.4.